The monoisotopic (exact) mass is 373 g/mol. The summed E-state index contributed by atoms with van der Waals surface area (Å²) in [6.45, 7) is 4.20. The quantitative estimate of drug-likeness (QED) is 0.894. The molecule has 138 valence electrons. The average Bonchev–Trinajstić information content (AvgIpc) is 3.14. The van der Waals surface area contributed by atoms with E-state index in [0.717, 1.165) is 46.9 Å². The van der Waals surface area contributed by atoms with Crippen LogP contribution in [-0.2, 0) is 4.74 Å². The van der Waals surface area contributed by atoms with Gasteiger partial charge in [-0.15, -0.1) is 11.3 Å². The lowest BCUT2D eigenvalue weighted by Crippen LogP contribution is -2.41. The van der Waals surface area contributed by atoms with E-state index in [2.05, 4.69) is 9.88 Å². The molecule has 7 heteroatoms. The molecule has 4 heterocycles. The van der Waals surface area contributed by atoms with Gasteiger partial charge in [0.15, 0.2) is 0 Å². The summed E-state index contributed by atoms with van der Waals surface area (Å²) in [5.74, 6) is 0.0172. The minimum atomic E-state index is -0.411. The molecule has 0 aliphatic carbocycles. The highest BCUT2D eigenvalue weighted by molar-refractivity contribution is 7.18. The summed E-state index contributed by atoms with van der Waals surface area (Å²) in [7, 11) is 0. The Labute approximate surface area is 157 Å². The second-order valence-electron chi connectivity index (χ2n) is 6.71. The van der Waals surface area contributed by atoms with E-state index in [4.69, 9.17) is 4.74 Å². The number of hydrogen-bond acceptors (Lipinski definition) is 6. The zero-order chi connectivity index (χ0) is 17.9. The maximum absolute atomic E-state index is 13.0. The Hall–Kier alpha value is -1.96. The average molecular weight is 373 g/mol. The Balaban J connectivity index is 1.67. The van der Waals surface area contributed by atoms with E-state index in [1.165, 1.54) is 0 Å². The Morgan fingerprint density at radius 1 is 1.23 bits per heavy atom. The van der Waals surface area contributed by atoms with Crippen molar-refractivity contribution < 1.29 is 14.6 Å². The predicted octanol–water partition coefficient (Wildman–Crippen LogP) is 2.24. The molecule has 2 aromatic rings. The standard InChI is InChI=1S/C19H23N3O3S/c23-15-2-1-7-22(13-15)18(24)17-12-16(14-3-5-20-6-4-14)19(26-17)21-8-10-25-11-9-21/h3-6,12,15,23H,1-2,7-11,13H2/t15-/m0/s1. The number of amides is 1. The molecule has 2 aliphatic rings. The number of piperidine rings is 1. The van der Waals surface area contributed by atoms with Crippen LogP contribution < -0.4 is 4.90 Å². The molecule has 1 amide bonds. The van der Waals surface area contributed by atoms with Gasteiger partial charge < -0.3 is 19.6 Å². The Morgan fingerprint density at radius 2 is 2.00 bits per heavy atom. The molecular formula is C19H23N3O3S. The first-order valence-electron chi connectivity index (χ1n) is 9.06. The number of carbonyl (C=O) groups is 1. The smallest absolute Gasteiger partial charge is 0.264 e. The third-order valence-electron chi connectivity index (χ3n) is 4.90. The van der Waals surface area contributed by atoms with E-state index in [0.29, 0.717) is 26.3 Å². The highest BCUT2D eigenvalue weighted by atomic mass is 32.1. The molecule has 0 bridgehead atoms. The normalized spacial score (nSPS) is 21.0. The van der Waals surface area contributed by atoms with Gasteiger partial charge in [0.25, 0.3) is 5.91 Å². The summed E-state index contributed by atoms with van der Waals surface area (Å²) >= 11 is 1.54. The maximum Gasteiger partial charge on any atom is 0.264 e. The third-order valence-corrected chi connectivity index (χ3v) is 6.08. The number of morpholine rings is 1. The van der Waals surface area contributed by atoms with Crippen LogP contribution in [0.15, 0.2) is 30.6 Å². The van der Waals surface area contributed by atoms with Crippen molar-refractivity contribution in [1.29, 1.82) is 0 Å². The zero-order valence-corrected chi connectivity index (χ0v) is 15.5. The Kier molecular flexibility index (Phi) is 5.19. The molecule has 1 atom stereocenters. The fourth-order valence-electron chi connectivity index (χ4n) is 3.52. The molecular weight excluding hydrogens is 350 g/mol. The molecule has 26 heavy (non-hydrogen) atoms. The second-order valence-corrected chi connectivity index (χ2v) is 7.74. The summed E-state index contributed by atoms with van der Waals surface area (Å²) in [4.78, 5) is 21.9. The number of nitrogens with zero attached hydrogens (tertiary/aromatic N) is 3. The van der Waals surface area contributed by atoms with E-state index in [1.54, 1.807) is 28.6 Å². The SMILES string of the molecule is O=C(c1cc(-c2ccncc2)c(N2CCOCC2)s1)N1CCC[C@H](O)C1. The summed E-state index contributed by atoms with van der Waals surface area (Å²) < 4.78 is 5.48. The van der Waals surface area contributed by atoms with Gasteiger partial charge in [0, 0.05) is 44.1 Å². The minimum Gasteiger partial charge on any atom is -0.391 e. The number of β-amino-alcohol motifs (C(OH)–C–C–N with tert-alkyl or cyclic N) is 1. The van der Waals surface area contributed by atoms with Crippen LogP contribution in [0.3, 0.4) is 0 Å². The molecule has 0 unspecified atom stereocenters. The van der Waals surface area contributed by atoms with Crippen LogP contribution in [0.1, 0.15) is 22.5 Å². The van der Waals surface area contributed by atoms with Crippen molar-refractivity contribution in [1.82, 2.24) is 9.88 Å². The van der Waals surface area contributed by atoms with Crippen molar-refractivity contribution >= 4 is 22.2 Å². The first kappa shape index (κ1) is 17.5. The fourth-order valence-corrected chi connectivity index (χ4v) is 4.72. The lowest BCUT2D eigenvalue weighted by atomic mass is 10.1. The molecule has 0 saturated carbocycles. The molecule has 6 nitrogen and oxygen atoms in total. The molecule has 0 radical (unpaired) electrons. The van der Waals surface area contributed by atoms with Crippen molar-refractivity contribution in [3.63, 3.8) is 0 Å². The molecule has 2 aromatic heterocycles. The first-order chi connectivity index (χ1) is 12.7. The lowest BCUT2D eigenvalue weighted by Gasteiger charge is -2.30. The second kappa shape index (κ2) is 7.73. The van der Waals surface area contributed by atoms with Crippen molar-refractivity contribution in [2.24, 2.45) is 0 Å². The van der Waals surface area contributed by atoms with Gasteiger partial charge in [-0.25, -0.2) is 0 Å². The number of ether oxygens (including phenoxy) is 1. The summed E-state index contributed by atoms with van der Waals surface area (Å²) in [5.41, 5.74) is 2.13. The predicted molar refractivity (Wildman–Crippen MR) is 102 cm³/mol. The van der Waals surface area contributed by atoms with Gasteiger partial charge in [-0.1, -0.05) is 0 Å². The first-order valence-corrected chi connectivity index (χ1v) is 9.88. The third kappa shape index (κ3) is 3.60. The van der Waals surface area contributed by atoms with Crippen LogP contribution in [-0.4, -0.2) is 66.4 Å². The van der Waals surface area contributed by atoms with E-state index in [-0.39, 0.29) is 5.91 Å². The highest BCUT2D eigenvalue weighted by Crippen LogP contribution is 2.39. The highest BCUT2D eigenvalue weighted by Gasteiger charge is 2.27. The maximum atomic E-state index is 13.0. The van der Waals surface area contributed by atoms with Gasteiger partial charge in [-0.3, -0.25) is 9.78 Å². The van der Waals surface area contributed by atoms with Crippen LogP contribution in [0.4, 0.5) is 5.00 Å². The van der Waals surface area contributed by atoms with Gasteiger partial charge in [-0.05, 0) is 36.6 Å². The number of likely N-dealkylation sites (tertiary alicyclic amines) is 1. The van der Waals surface area contributed by atoms with Gasteiger partial charge in [-0.2, -0.15) is 0 Å². The van der Waals surface area contributed by atoms with Crippen LogP contribution in [0.2, 0.25) is 0 Å². The summed E-state index contributed by atoms with van der Waals surface area (Å²) in [6, 6.07) is 5.95. The van der Waals surface area contributed by atoms with Crippen LogP contribution in [0.5, 0.6) is 0 Å². The van der Waals surface area contributed by atoms with Crippen molar-refractivity contribution in [3.05, 3.63) is 35.5 Å². The minimum absolute atomic E-state index is 0.0172. The summed E-state index contributed by atoms with van der Waals surface area (Å²) in [5, 5.41) is 11.0. The van der Waals surface area contributed by atoms with Gasteiger partial charge >= 0.3 is 0 Å². The van der Waals surface area contributed by atoms with Gasteiger partial charge in [0.05, 0.1) is 29.2 Å². The van der Waals surface area contributed by atoms with Crippen molar-refractivity contribution in [2.75, 3.05) is 44.3 Å². The number of thiophene rings is 1. The van der Waals surface area contributed by atoms with Gasteiger partial charge in [0.2, 0.25) is 0 Å². The number of hydrogen-bond donors (Lipinski definition) is 1. The Bertz CT molecular complexity index is 759. The van der Waals surface area contributed by atoms with E-state index < -0.39 is 6.10 Å². The molecule has 0 aromatic carbocycles. The number of aromatic nitrogens is 1. The number of rotatable bonds is 3. The number of aliphatic hydroxyl groups excluding tert-OH is 1. The van der Waals surface area contributed by atoms with Crippen LogP contribution in [0, 0.1) is 0 Å². The molecule has 2 aliphatic heterocycles. The fraction of sp³-hybridized carbons (Fsp3) is 0.474. The van der Waals surface area contributed by atoms with E-state index in [1.807, 2.05) is 18.2 Å². The molecule has 2 fully saturated rings. The summed E-state index contributed by atoms with van der Waals surface area (Å²) in [6.07, 6.45) is 4.77. The van der Waals surface area contributed by atoms with Crippen molar-refractivity contribution in [3.8, 4) is 11.1 Å². The molecule has 2 saturated heterocycles. The largest absolute Gasteiger partial charge is 0.391 e. The van der Waals surface area contributed by atoms with Gasteiger partial charge in [0.1, 0.15) is 0 Å². The van der Waals surface area contributed by atoms with E-state index in [9.17, 15) is 9.90 Å². The van der Waals surface area contributed by atoms with Crippen molar-refractivity contribution in [2.45, 2.75) is 18.9 Å². The number of pyridine rings is 1. The number of carbonyl (C=O) groups excluding carboxylic acids is 1. The topological polar surface area (TPSA) is 65.9 Å². The van der Waals surface area contributed by atoms with E-state index >= 15 is 0 Å². The van der Waals surface area contributed by atoms with Crippen LogP contribution in [0.25, 0.3) is 11.1 Å². The lowest BCUT2D eigenvalue weighted by molar-refractivity contribution is 0.0478. The molecule has 0 spiro atoms. The number of anilines is 1. The molecule has 4 rings (SSSR count). The zero-order valence-electron chi connectivity index (χ0n) is 14.6. The molecule has 1 N–H and O–H groups in total. The number of aliphatic hydroxyl groups is 1. The van der Waals surface area contributed by atoms with Crippen LogP contribution >= 0.6 is 11.3 Å². The Morgan fingerprint density at radius 3 is 2.73 bits per heavy atom.